The first-order valence-electron chi connectivity index (χ1n) is 8.64. The number of hydrogen-bond donors (Lipinski definition) is 1. The molecule has 0 spiro atoms. The lowest BCUT2D eigenvalue weighted by atomic mass is 9.77. The molecule has 1 saturated heterocycles. The van der Waals surface area contributed by atoms with E-state index < -0.39 is 0 Å². The summed E-state index contributed by atoms with van der Waals surface area (Å²) in [6.45, 7) is 1.99. The van der Waals surface area contributed by atoms with Gasteiger partial charge in [0.2, 0.25) is 0 Å². The number of halogens is 1. The average Bonchev–Trinajstić information content (AvgIpc) is 3.31. The van der Waals surface area contributed by atoms with Crippen molar-refractivity contribution in [1.29, 1.82) is 0 Å². The molecule has 2 aromatic heterocycles. The van der Waals surface area contributed by atoms with Crippen molar-refractivity contribution in [3.05, 3.63) is 41.9 Å². The van der Waals surface area contributed by atoms with Gasteiger partial charge in [-0.25, -0.2) is 9.97 Å². The highest BCUT2D eigenvalue weighted by atomic mass is 35.5. The Labute approximate surface area is 154 Å². The Balaban J connectivity index is 1.38. The van der Waals surface area contributed by atoms with E-state index in [1.54, 1.807) is 17.5 Å². The van der Waals surface area contributed by atoms with Crippen molar-refractivity contribution < 1.29 is 5.11 Å². The van der Waals surface area contributed by atoms with Crippen LogP contribution in [0.2, 0.25) is 5.02 Å². The van der Waals surface area contributed by atoms with Crippen LogP contribution in [0, 0.1) is 11.8 Å². The molecule has 4 atom stereocenters. The Hall–Kier alpha value is -1.63. The molecule has 130 valence electrons. The van der Waals surface area contributed by atoms with Gasteiger partial charge >= 0.3 is 0 Å². The number of aliphatic hydroxyl groups is 1. The van der Waals surface area contributed by atoms with Gasteiger partial charge < -0.3 is 14.6 Å². The summed E-state index contributed by atoms with van der Waals surface area (Å²) in [5.41, 5.74) is 1.01. The highest BCUT2D eigenvalue weighted by Gasteiger charge is 2.42. The monoisotopic (exact) mass is 374 g/mol. The third kappa shape index (κ3) is 2.72. The summed E-state index contributed by atoms with van der Waals surface area (Å²) < 4.78 is 3.19. The predicted molar refractivity (Wildman–Crippen MR) is 100 cm³/mol. The molecule has 5 rings (SSSR count). The van der Waals surface area contributed by atoms with Crippen molar-refractivity contribution >= 4 is 38.3 Å². The van der Waals surface area contributed by atoms with Crippen molar-refractivity contribution in [1.82, 2.24) is 14.5 Å². The number of hydrogen-bond acceptors (Lipinski definition) is 5. The largest absolute Gasteiger partial charge is 0.391 e. The van der Waals surface area contributed by atoms with Crippen LogP contribution < -0.4 is 4.90 Å². The first kappa shape index (κ1) is 15.6. The second-order valence-corrected chi connectivity index (χ2v) is 8.60. The van der Waals surface area contributed by atoms with E-state index in [1.165, 1.54) is 0 Å². The molecule has 1 aliphatic heterocycles. The van der Waals surface area contributed by atoms with Gasteiger partial charge in [0.05, 0.1) is 28.7 Å². The van der Waals surface area contributed by atoms with Gasteiger partial charge in [-0.2, -0.15) is 0 Å². The van der Waals surface area contributed by atoms with E-state index in [4.69, 9.17) is 16.6 Å². The van der Waals surface area contributed by atoms with Crippen molar-refractivity contribution in [3.63, 3.8) is 0 Å². The molecule has 0 unspecified atom stereocenters. The highest BCUT2D eigenvalue weighted by molar-refractivity contribution is 7.22. The standard InChI is InChI=1S/C18H19ClN4OS/c19-13-1-2-14-17(7-13)25-18(21-14)23-8-11-5-15(22-4-3-20-10-22)16(24)6-12(11)9-23/h1-4,7,10-12,15-16,24H,5-6,8-9H2/t11-,12+,15-,16-/m1/s1. The Kier molecular flexibility index (Phi) is 3.73. The van der Waals surface area contributed by atoms with E-state index in [0.717, 1.165) is 46.3 Å². The van der Waals surface area contributed by atoms with Crippen LogP contribution in [0.4, 0.5) is 5.13 Å². The van der Waals surface area contributed by atoms with Crippen LogP contribution >= 0.6 is 22.9 Å². The third-order valence-electron chi connectivity index (χ3n) is 5.63. The van der Waals surface area contributed by atoms with Gasteiger partial charge in [-0.1, -0.05) is 22.9 Å². The van der Waals surface area contributed by atoms with Gasteiger partial charge in [0.15, 0.2) is 5.13 Å². The average molecular weight is 375 g/mol. The van der Waals surface area contributed by atoms with Crippen molar-refractivity contribution in [2.24, 2.45) is 11.8 Å². The number of anilines is 1. The van der Waals surface area contributed by atoms with Crippen LogP contribution in [-0.2, 0) is 0 Å². The lowest BCUT2D eigenvalue weighted by Gasteiger charge is -2.35. The molecule has 1 aliphatic carbocycles. The maximum Gasteiger partial charge on any atom is 0.186 e. The topological polar surface area (TPSA) is 54.2 Å². The fraction of sp³-hybridized carbons (Fsp3) is 0.444. The summed E-state index contributed by atoms with van der Waals surface area (Å²) in [5.74, 6) is 1.12. The number of aromatic nitrogens is 3. The molecule has 7 heteroatoms. The van der Waals surface area contributed by atoms with E-state index >= 15 is 0 Å². The first-order chi connectivity index (χ1) is 12.2. The summed E-state index contributed by atoms with van der Waals surface area (Å²) >= 11 is 7.80. The number of fused-ring (bicyclic) bond motifs is 2. The van der Waals surface area contributed by atoms with E-state index in [1.807, 2.05) is 30.7 Å². The molecule has 1 N–H and O–H groups in total. The van der Waals surface area contributed by atoms with Crippen molar-refractivity contribution in [2.45, 2.75) is 25.0 Å². The maximum absolute atomic E-state index is 10.6. The molecular weight excluding hydrogens is 356 g/mol. The molecule has 0 bridgehead atoms. The fourth-order valence-corrected chi connectivity index (χ4v) is 5.63. The normalized spacial score (nSPS) is 29.3. The molecule has 0 amide bonds. The first-order valence-corrected chi connectivity index (χ1v) is 9.83. The van der Waals surface area contributed by atoms with Gasteiger partial charge in [0.1, 0.15) is 0 Å². The van der Waals surface area contributed by atoms with E-state index in [-0.39, 0.29) is 12.1 Å². The second-order valence-electron chi connectivity index (χ2n) is 7.15. The Morgan fingerprint density at radius 1 is 1.20 bits per heavy atom. The summed E-state index contributed by atoms with van der Waals surface area (Å²) in [7, 11) is 0. The SMILES string of the molecule is O[C@@H]1C[C@H]2CN(c3nc4ccc(Cl)cc4s3)C[C@H]2C[C@H]1n1ccnc1. The number of nitrogens with zero attached hydrogens (tertiary/aromatic N) is 4. The zero-order valence-corrected chi connectivity index (χ0v) is 15.2. The van der Waals surface area contributed by atoms with Gasteiger partial charge in [0.25, 0.3) is 0 Å². The maximum atomic E-state index is 10.6. The van der Waals surface area contributed by atoms with Crippen LogP contribution in [0.5, 0.6) is 0 Å². The molecule has 25 heavy (non-hydrogen) atoms. The molecule has 1 saturated carbocycles. The number of aliphatic hydroxyl groups excluding tert-OH is 1. The van der Waals surface area contributed by atoms with Crippen molar-refractivity contribution in [2.75, 3.05) is 18.0 Å². The summed E-state index contributed by atoms with van der Waals surface area (Å²) in [6.07, 6.45) is 7.10. The molecule has 2 aliphatic rings. The minimum absolute atomic E-state index is 0.137. The van der Waals surface area contributed by atoms with Crippen LogP contribution in [0.3, 0.4) is 0 Å². The Bertz CT molecular complexity index is 896. The molecule has 3 heterocycles. The van der Waals surface area contributed by atoms with E-state index in [0.29, 0.717) is 11.8 Å². The minimum Gasteiger partial charge on any atom is -0.391 e. The van der Waals surface area contributed by atoms with Crippen LogP contribution in [0.1, 0.15) is 18.9 Å². The number of imidazole rings is 1. The van der Waals surface area contributed by atoms with Gasteiger partial charge in [0, 0.05) is 30.5 Å². The highest BCUT2D eigenvalue weighted by Crippen LogP contribution is 2.43. The quantitative estimate of drug-likeness (QED) is 0.744. The molecular formula is C18H19ClN4OS. The van der Waals surface area contributed by atoms with Gasteiger partial charge in [-0.15, -0.1) is 0 Å². The number of thiazole rings is 1. The Morgan fingerprint density at radius 2 is 2.04 bits per heavy atom. The predicted octanol–water partition coefficient (Wildman–Crippen LogP) is 3.59. The van der Waals surface area contributed by atoms with E-state index in [2.05, 4.69) is 14.5 Å². The zero-order chi connectivity index (χ0) is 17.0. The molecule has 2 fully saturated rings. The molecule has 3 aromatic rings. The summed E-state index contributed by atoms with van der Waals surface area (Å²) in [5, 5.41) is 12.4. The lowest BCUT2D eigenvalue weighted by molar-refractivity contribution is 0.0358. The van der Waals surface area contributed by atoms with Crippen molar-refractivity contribution in [3.8, 4) is 0 Å². The third-order valence-corrected chi connectivity index (χ3v) is 6.94. The summed E-state index contributed by atoms with van der Waals surface area (Å²) in [4.78, 5) is 11.3. The van der Waals surface area contributed by atoms with Gasteiger partial charge in [-0.3, -0.25) is 0 Å². The number of rotatable bonds is 2. The second kappa shape index (κ2) is 5.97. The van der Waals surface area contributed by atoms with Gasteiger partial charge in [-0.05, 0) is 42.9 Å². The Morgan fingerprint density at radius 3 is 2.84 bits per heavy atom. The zero-order valence-electron chi connectivity index (χ0n) is 13.6. The smallest absolute Gasteiger partial charge is 0.186 e. The molecule has 0 radical (unpaired) electrons. The summed E-state index contributed by atoms with van der Waals surface area (Å²) in [6, 6.07) is 6.00. The number of benzene rings is 1. The van der Waals surface area contributed by atoms with Crippen LogP contribution in [0.15, 0.2) is 36.9 Å². The lowest BCUT2D eigenvalue weighted by Crippen LogP contribution is -2.35. The van der Waals surface area contributed by atoms with Crippen LogP contribution in [-0.4, -0.2) is 38.8 Å². The molecule has 1 aromatic carbocycles. The molecule has 5 nitrogen and oxygen atoms in total. The van der Waals surface area contributed by atoms with Crippen LogP contribution in [0.25, 0.3) is 10.2 Å². The fourth-order valence-electron chi connectivity index (χ4n) is 4.37. The minimum atomic E-state index is -0.301. The van der Waals surface area contributed by atoms with E-state index in [9.17, 15) is 5.11 Å².